The Bertz CT molecular complexity index is 493. The zero-order chi connectivity index (χ0) is 14.8. The first kappa shape index (κ1) is 14.8. The van der Waals surface area contributed by atoms with E-state index in [1.165, 1.54) is 11.1 Å². The van der Waals surface area contributed by atoms with Crippen LogP contribution in [0.5, 0.6) is 5.75 Å². The molecule has 0 spiro atoms. The average Bonchev–Trinajstić information content (AvgIpc) is 2.51. The number of benzene rings is 1. The molecule has 21 heavy (non-hydrogen) atoms. The van der Waals surface area contributed by atoms with E-state index in [2.05, 4.69) is 47.5 Å². The van der Waals surface area contributed by atoms with Gasteiger partial charge >= 0.3 is 0 Å². The van der Waals surface area contributed by atoms with Crippen LogP contribution in [0.3, 0.4) is 0 Å². The molecule has 5 nitrogen and oxygen atoms in total. The van der Waals surface area contributed by atoms with Crippen LogP contribution < -0.4 is 16.0 Å². The zero-order valence-corrected chi connectivity index (χ0v) is 13.0. The number of aryl methyl sites for hydroxylation is 1. The first-order valence-electron chi connectivity index (χ1n) is 7.80. The summed E-state index contributed by atoms with van der Waals surface area (Å²) in [7, 11) is 4.35. The standard InChI is InChI=1S/C16H26N4O/c1-19-8-9-20(2)14(11-19)15(18-17)13-7-3-5-12-6-4-10-21-16(12)13/h3,5,7,14-15,18H,4,6,8-11,17H2,1-2H3. The number of nitrogens with two attached hydrogens (primary N) is 1. The number of hydrogen-bond donors (Lipinski definition) is 2. The average molecular weight is 290 g/mol. The predicted molar refractivity (Wildman–Crippen MR) is 84.2 cm³/mol. The predicted octanol–water partition coefficient (Wildman–Crippen LogP) is 0.762. The van der Waals surface area contributed by atoms with Gasteiger partial charge < -0.3 is 9.64 Å². The molecule has 1 aromatic rings. The number of nitrogens with one attached hydrogen (secondary N) is 1. The minimum absolute atomic E-state index is 0.0887. The normalized spacial score (nSPS) is 25.2. The molecule has 2 heterocycles. The van der Waals surface area contributed by atoms with Gasteiger partial charge in [-0.05, 0) is 32.5 Å². The van der Waals surface area contributed by atoms with Crippen LogP contribution >= 0.6 is 0 Å². The SMILES string of the molecule is CN1CCN(C)C(C(NN)c2cccc3c2OCCC3)C1. The number of hydrazine groups is 1. The summed E-state index contributed by atoms with van der Waals surface area (Å²) in [6.07, 6.45) is 2.20. The number of hydrogen-bond acceptors (Lipinski definition) is 5. The Balaban J connectivity index is 1.92. The Hall–Kier alpha value is -1.14. The van der Waals surface area contributed by atoms with Gasteiger partial charge in [0.1, 0.15) is 5.75 Å². The number of ether oxygens (including phenoxy) is 1. The maximum Gasteiger partial charge on any atom is 0.127 e. The second-order valence-corrected chi connectivity index (χ2v) is 6.24. The summed E-state index contributed by atoms with van der Waals surface area (Å²) in [5.74, 6) is 6.98. The summed E-state index contributed by atoms with van der Waals surface area (Å²) in [5, 5.41) is 0. The molecule has 116 valence electrons. The van der Waals surface area contributed by atoms with E-state index >= 15 is 0 Å². The molecule has 1 aromatic carbocycles. The Morgan fingerprint density at radius 2 is 2.19 bits per heavy atom. The number of nitrogens with zero attached hydrogens (tertiary/aromatic N) is 2. The zero-order valence-electron chi connectivity index (χ0n) is 13.0. The summed E-state index contributed by atoms with van der Waals surface area (Å²) in [4.78, 5) is 4.76. The summed E-state index contributed by atoms with van der Waals surface area (Å²) < 4.78 is 5.96. The molecule has 2 unspecified atom stereocenters. The third kappa shape index (κ3) is 2.92. The van der Waals surface area contributed by atoms with Gasteiger partial charge in [-0.15, -0.1) is 0 Å². The molecule has 2 atom stereocenters. The lowest BCUT2D eigenvalue weighted by molar-refractivity contribution is 0.0865. The van der Waals surface area contributed by atoms with Crippen molar-refractivity contribution < 1.29 is 4.74 Å². The van der Waals surface area contributed by atoms with Crippen molar-refractivity contribution in [2.24, 2.45) is 5.84 Å². The van der Waals surface area contributed by atoms with Gasteiger partial charge in [-0.2, -0.15) is 0 Å². The van der Waals surface area contributed by atoms with Gasteiger partial charge in [-0.3, -0.25) is 16.2 Å². The molecule has 5 heteroatoms. The maximum absolute atomic E-state index is 5.96. The number of likely N-dealkylation sites (N-methyl/N-ethyl adjacent to an activating group) is 2. The second-order valence-electron chi connectivity index (χ2n) is 6.24. The molecule has 0 amide bonds. The molecule has 0 bridgehead atoms. The monoisotopic (exact) mass is 290 g/mol. The smallest absolute Gasteiger partial charge is 0.127 e. The summed E-state index contributed by atoms with van der Waals surface area (Å²) >= 11 is 0. The van der Waals surface area contributed by atoms with Crippen molar-refractivity contribution in [1.29, 1.82) is 0 Å². The van der Waals surface area contributed by atoms with E-state index in [1.54, 1.807) is 0 Å². The first-order chi connectivity index (χ1) is 10.2. The minimum atomic E-state index is 0.0887. The maximum atomic E-state index is 5.96. The Morgan fingerprint density at radius 3 is 3.00 bits per heavy atom. The van der Waals surface area contributed by atoms with Gasteiger partial charge in [-0.1, -0.05) is 18.2 Å². The fraction of sp³-hybridized carbons (Fsp3) is 0.625. The summed E-state index contributed by atoms with van der Waals surface area (Å²) in [6, 6.07) is 6.88. The first-order valence-corrected chi connectivity index (χ1v) is 7.80. The fourth-order valence-electron chi connectivity index (χ4n) is 3.47. The molecule has 0 radical (unpaired) electrons. The summed E-state index contributed by atoms with van der Waals surface area (Å²) in [6.45, 7) is 3.99. The van der Waals surface area contributed by atoms with Crippen LogP contribution in [0.1, 0.15) is 23.6 Å². The van der Waals surface area contributed by atoms with E-state index in [1.807, 2.05) is 0 Å². The molecule has 0 aromatic heterocycles. The lowest BCUT2D eigenvalue weighted by Gasteiger charge is -2.42. The molecule has 2 aliphatic heterocycles. The van der Waals surface area contributed by atoms with Crippen LogP contribution in [-0.4, -0.2) is 56.2 Å². The number of rotatable bonds is 3. The fourth-order valence-corrected chi connectivity index (χ4v) is 3.47. The number of piperazine rings is 1. The Labute approximate surface area is 127 Å². The van der Waals surface area contributed by atoms with Crippen LogP contribution in [0, 0.1) is 0 Å². The molecule has 3 N–H and O–H groups in total. The van der Waals surface area contributed by atoms with Crippen molar-refractivity contribution in [3.05, 3.63) is 29.3 Å². The van der Waals surface area contributed by atoms with Gasteiger partial charge in [0.25, 0.3) is 0 Å². The third-order valence-corrected chi connectivity index (χ3v) is 4.76. The van der Waals surface area contributed by atoms with E-state index in [-0.39, 0.29) is 6.04 Å². The van der Waals surface area contributed by atoms with Crippen molar-refractivity contribution in [2.45, 2.75) is 24.9 Å². The Morgan fingerprint density at radius 1 is 1.33 bits per heavy atom. The van der Waals surface area contributed by atoms with Crippen LogP contribution in [0.15, 0.2) is 18.2 Å². The summed E-state index contributed by atoms with van der Waals surface area (Å²) in [5.41, 5.74) is 5.55. The van der Waals surface area contributed by atoms with Crippen molar-refractivity contribution in [2.75, 3.05) is 40.3 Å². The van der Waals surface area contributed by atoms with Crippen LogP contribution in [0.25, 0.3) is 0 Å². The van der Waals surface area contributed by atoms with Crippen molar-refractivity contribution in [3.63, 3.8) is 0 Å². The highest BCUT2D eigenvalue weighted by Gasteiger charge is 2.32. The van der Waals surface area contributed by atoms with Crippen LogP contribution in [0.4, 0.5) is 0 Å². The highest BCUT2D eigenvalue weighted by Crippen LogP contribution is 2.35. The van der Waals surface area contributed by atoms with Gasteiger partial charge in [-0.25, -0.2) is 0 Å². The van der Waals surface area contributed by atoms with Crippen LogP contribution in [-0.2, 0) is 6.42 Å². The minimum Gasteiger partial charge on any atom is -0.493 e. The van der Waals surface area contributed by atoms with E-state index in [0.717, 1.165) is 44.8 Å². The van der Waals surface area contributed by atoms with Gasteiger partial charge in [0.05, 0.1) is 12.6 Å². The molecule has 0 saturated carbocycles. The third-order valence-electron chi connectivity index (χ3n) is 4.76. The molecule has 3 rings (SSSR count). The molecule has 1 saturated heterocycles. The molecular weight excluding hydrogens is 264 g/mol. The molecule has 2 aliphatic rings. The Kier molecular flexibility index (Phi) is 4.45. The van der Waals surface area contributed by atoms with Crippen LogP contribution in [0.2, 0.25) is 0 Å². The van der Waals surface area contributed by atoms with E-state index < -0.39 is 0 Å². The lowest BCUT2D eigenvalue weighted by Crippen LogP contribution is -2.56. The van der Waals surface area contributed by atoms with Gasteiger partial charge in [0.15, 0.2) is 0 Å². The molecule has 1 fully saturated rings. The van der Waals surface area contributed by atoms with E-state index in [9.17, 15) is 0 Å². The van der Waals surface area contributed by atoms with Crippen molar-refractivity contribution in [1.82, 2.24) is 15.2 Å². The second kappa shape index (κ2) is 6.32. The number of fused-ring (bicyclic) bond motifs is 1. The van der Waals surface area contributed by atoms with Crippen molar-refractivity contribution in [3.8, 4) is 5.75 Å². The quantitative estimate of drug-likeness (QED) is 0.636. The van der Waals surface area contributed by atoms with Gasteiger partial charge in [0, 0.05) is 31.2 Å². The number of para-hydroxylation sites is 1. The highest BCUT2D eigenvalue weighted by molar-refractivity contribution is 5.45. The largest absolute Gasteiger partial charge is 0.493 e. The highest BCUT2D eigenvalue weighted by atomic mass is 16.5. The molecular formula is C16H26N4O. The lowest BCUT2D eigenvalue weighted by atomic mass is 9.92. The van der Waals surface area contributed by atoms with E-state index in [0.29, 0.717) is 6.04 Å². The van der Waals surface area contributed by atoms with Gasteiger partial charge in [0.2, 0.25) is 0 Å². The topological polar surface area (TPSA) is 53.8 Å². The van der Waals surface area contributed by atoms with Crippen molar-refractivity contribution >= 4 is 0 Å². The molecule has 0 aliphatic carbocycles. The van der Waals surface area contributed by atoms with E-state index in [4.69, 9.17) is 10.6 Å².